The van der Waals surface area contributed by atoms with E-state index < -0.39 is 0 Å². The van der Waals surface area contributed by atoms with Gasteiger partial charge in [-0.25, -0.2) is 0 Å². The van der Waals surface area contributed by atoms with Crippen molar-refractivity contribution in [3.63, 3.8) is 0 Å². The van der Waals surface area contributed by atoms with Gasteiger partial charge in [0, 0.05) is 6.54 Å². The Morgan fingerprint density at radius 2 is 2.06 bits per heavy atom. The minimum absolute atomic E-state index is 0.147. The van der Waals surface area contributed by atoms with Crippen molar-refractivity contribution in [2.24, 2.45) is 5.10 Å². The highest BCUT2D eigenvalue weighted by atomic mass is 35.5. The van der Waals surface area contributed by atoms with Crippen LogP contribution in [0, 0.1) is 0 Å². The van der Waals surface area contributed by atoms with Gasteiger partial charge in [0.25, 0.3) is 0 Å². The number of rotatable bonds is 4. The lowest BCUT2D eigenvalue weighted by Gasteiger charge is -2.04. The Labute approximate surface area is 120 Å². The maximum atomic E-state index is 9.38. The third-order valence-corrected chi connectivity index (χ3v) is 2.64. The topological polar surface area (TPSA) is 56.7 Å². The number of phenols is 1. The fourth-order valence-electron chi connectivity index (χ4n) is 1.03. The van der Waals surface area contributed by atoms with Crippen LogP contribution < -0.4 is 10.7 Å². The lowest BCUT2D eigenvalue weighted by molar-refractivity contribution is 0.476. The lowest BCUT2D eigenvalue weighted by Crippen LogP contribution is -2.31. The minimum Gasteiger partial charge on any atom is -0.505 e. The Balaban J connectivity index is 2.62. The van der Waals surface area contributed by atoms with Gasteiger partial charge in [-0.3, -0.25) is 5.43 Å². The highest BCUT2D eigenvalue weighted by molar-refractivity contribution is 7.80. The van der Waals surface area contributed by atoms with Crippen molar-refractivity contribution in [3.05, 3.63) is 40.4 Å². The summed E-state index contributed by atoms with van der Waals surface area (Å²) in [6.45, 7) is 4.10. The predicted octanol–water partition coefficient (Wildman–Crippen LogP) is 2.68. The van der Waals surface area contributed by atoms with Gasteiger partial charge < -0.3 is 10.4 Å². The van der Waals surface area contributed by atoms with E-state index in [9.17, 15) is 5.11 Å². The lowest BCUT2D eigenvalue weighted by atomic mass is 10.2. The van der Waals surface area contributed by atoms with Gasteiger partial charge in [0.2, 0.25) is 0 Å². The first-order valence-electron chi connectivity index (χ1n) is 4.90. The number of aromatic hydroxyl groups is 1. The van der Waals surface area contributed by atoms with E-state index in [-0.39, 0.29) is 15.8 Å². The van der Waals surface area contributed by atoms with Crippen LogP contribution in [-0.4, -0.2) is 23.0 Å². The van der Waals surface area contributed by atoms with E-state index >= 15 is 0 Å². The number of benzene rings is 1. The van der Waals surface area contributed by atoms with Crippen molar-refractivity contribution in [1.29, 1.82) is 0 Å². The van der Waals surface area contributed by atoms with E-state index in [1.807, 2.05) is 0 Å². The Morgan fingerprint density at radius 3 is 2.61 bits per heavy atom. The summed E-state index contributed by atoms with van der Waals surface area (Å²) in [5.41, 5.74) is 3.25. The quantitative estimate of drug-likeness (QED) is 0.346. The van der Waals surface area contributed by atoms with Gasteiger partial charge in [-0.1, -0.05) is 29.3 Å². The van der Waals surface area contributed by atoms with Crippen molar-refractivity contribution in [2.75, 3.05) is 6.54 Å². The third-order valence-electron chi connectivity index (χ3n) is 1.83. The second-order valence-electron chi connectivity index (χ2n) is 3.20. The number of hydrogen-bond donors (Lipinski definition) is 3. The van der Waals surface area contributed by atoms with Crippen LogP contribution in [0.25, 0.3) is 0 Å². The molecule has 7 heteroatoms. The van der Waals surface area contributed by atoms with Crippen LogP contribution in [-0.2, 0) is 0 Å². The molecule has 3 N–H and O–H groups in total. The number of phenolic OH excluding ortho intramolecular Hbond substituents is 1. The number of nitrogens with one attached hydrogen (secondary N) is 2. The first-order chi connectivity index (χ1) is 8.54. The van der Waals surface area contributed by atoms with Crippen molar-refractivity contribution in [2.45, 2.75) is 0 Å². The molecule has 0 aliphatic rings. The fraction of sp³-hybridized carbons (Fsp3) is 0.0909. The number of hydrogen-bond acceptors (Lipinski definition) is 3. The van der Waals surface area contributed by atoms with Crippen LogP contribution in [0.3, 0.4) is 0 Å². The predicted molar refractivity (Wildman–Crippen MR) is 79.7 cm³/mol. The molecule has 0 aromatic heterocycles. The molecule has 0 aliphatic carbocycles. The van der Waals surface area contributed by atoms with Crippen molar-refractivity contribution < 1.29 is 5.11 Å². The van der Waals surface area contributed by atoms with Crippen LogP contribution >= 0.6 is 35.4 Å². The molecule has 0 unspecified atom stereocenters. The highest BCUT2D eigenvalue weighted by Gasteiger charge is 2.05. The molecule has 1 aromatic carbocycles. The first-order valence-corrected chi connectivity index (χ1v) is 6.07. The maximum absolute atomic E-state index is 9.38. The number of thiocarbonyl (C=S) groups is 1. The molecular formula is C11H11Cl2N3OS. The van der Waals surface area contributed by atoms with E-state index in [0.29, 0.717) is 17.2 Å². The maximum Gasteiger partial charge on any atom is 0.187 e. The van der Waals surface area contributed by atoms with E-state index in [4.69, 9.17) is 35.4 Å². The Kier molecular flexibility index (Phi) is 5.91. The second-order valence-corrected chi connectivity index (χ2v) is 4.42. The van der Waals surface area contributed by atoms with Gasteiger partial charge in [-0.2, -0.15) is 5.10 Å². The van der Waals surface area contributed by atoms with Crippen molar-refractivity contribution >= 4 is 46.7 Å². The molecule has 0 saturated heterocycles. The van der Waals surface area contributed by atoms with Gasteiger partial charge in [0.15, 0.2) is 10.9 Å². The average Bonchev–Trinajstić information content (AvgIpc) is 2.33. The highest BCUT2D eigenvalue weighted by Crippen LogP contribution is 2.32. The van der Waals surface area contributed by atoms with E-state index in [0.717, 1.165) is 0 Å². The summed E-state index contributed by atoms with van der Waals surface area (Å²) < 4.78 is 0. The molecule has 0 bridgehead atoms. The van der Waals surface area contributed by atoms with Gasteiger partial charge in [0.1, 0.15) is 0 Å². The third kappa shape index (κ3) is 4.52. The summed E-state index contributed by atoms with van der Waals surface area (Å²) in [5.74, 6) is -0.147. The van der Waals surface area contributed by atoms with Crippen LogP contribution in [0.4, 0.5) is 0 Å². The molecule has 0 amide bonds. The molecule has 1 rings (SSSR count). The smallest absolute Gasteiger partial charge is 0.187 e. The fourth-order valence-corrected chi connectivity index (χ4v) is 1.67. The number of halogens is 2. The largest absolute Gasteiger partial charge is 0.505 e. The van der Waals surface area contributed by atoms with Gasteiger partial charge in [-0.05, 0) is 29.9 Å². The molecule has 0 fully saturated rings. The second kappa shape index (κ2) is 7.20. The zero-order valence-electron chi connectivity index (χ0n) is 9.28. The molecule has 18 heavy (non-hydrogen) atoms. The molecule has 0 radical (unpaired) electrons. The monoisotopic (exact) mass is 303 g/mol. The van der Waals surface area contributed by atoms with Crippen molar-refractivity contribution in [1.82, 2.24) is 10.7 Å². The Hall–Kier alpha value is -1.30. The number of hydrazone groups is 1. The Bertz CT molecular complexity index is 468. The summed E-state index contributed by atoms with van der Waals surface area (Å²) in [5, 5.41) is 16.8. The molecule has 0 aliphatic heterocycles. The molecular weight excluding hydrogens is 293 g/mol. The average molecular weight is 304 g/mol. The van der Waals surface area contributed by atoms with E-state index in [1.165, 1.54) is 18.3 Å². The van der Waals surface area contributed by atoms with Gasteiger partial charge >= 0.3 is 0 Å². The van der Waals surface area contributed by atoms with Gasteiger partial charge in [0.05, 0.1) is 16.3 Å². The van der Waals surface area contributed by atoms with Crippen LogP contribution in [0.1, 0.15) is 5.56 Å². The van der Waals surface area contributed by atoms with Crippen LogP contribution in [0.5, 0.6) is 5.75 Å². The zero-order chi connectivity index (χ0) is 13.5. The van der Waals surface area contributed by atoms with E-state index in [2.05, 4.69) is 22.4 Å². The summed E-state index contributed by atoms with van der Waals surface area (Å²) in [7, 11) is 0. The molecule has 4 nitrogen and oxygen atoms in total. The van der Waals surface area contributed by atoms with E-state index in [1.54, 1.807) is 6.08 Å². The number of nitrogens with zero attached hydrogens (tertiary/aromatic N) is 1. The normalized spacial score (nSPS) is 10.3. The molecule has 1 aromatic rings. The first kappa shape index (κ1) is 14.8. The molecule has 96 valence electrons. The van der Waals surface area contributed by atoms with Gasteiger partial charge in [-0.15, -0.1) is 6.58 Å². The SMILES string of the molecule is C=CCNC(=S)N/N=C\c1cc(Cl)c(O)c(Cl)c1. The zero-order valence-corrected chi connectivity index (χ0v) is 11.6. The summed E-state index contributed by atoms with van der Waals surface area (Å²) in [6, 6.07) is 3.07. The van der Waals surface area contributed by atoms with Crippen molar-refractivity contribution in [3.8, 4) is 5.75 Å². The summed E-state index contributed by atoms with van der Waals surface area (Å²) in [4.78, 5) is 0. The molecule has 0 spiro atoms. The standard InChI is InChI=1S/C11H11Cl2N3OS/c1-2-3-14-11(18)16-15-6-7-4-8(12)10(17)9(13)5-7/h2,4-6,17H,1,3H2,(H2,14,16,18)/b15-6-. The minimum atomic E-state index is -0.147. The van der Waals surface area contributed by atoms with Crippen LogP contribution in [0.15, 0.2) is 29.9 Å². The molecule has 0 heterocycles. The molecule has 0 atom stereocenters. The Morgan fingerprint density at radius 1 is 1.44 bits per heavy atom. The van der Waals surface area contributed by atoms with Crippen LogP contribution in [0.2, 0.25) is 10.0 Å². The molecule has 0 saturated carbocycles. The summed E-state index contributed by atoms with van der Waals surface area (Å²) in [6.07, 6.45) is 3.16. The summed E-state index contributed by atoms with van der Waals surface area (Å²) >= 11 is 16.5.